The highest BCUT2D eigenvalue weighted by Crippen LogP contribution is 2.34. The van der Waals surface area contributed by atoms with E-state index in [1.807, 2.05) is 70.8 Å². The zero-order valence-electron chi connectivity index (χ0n) is 17.2. The molecule has 4 aromatic rings. The summed E-state index contributed by atoms with van der Waals surface area (Å²) in [7, 11) is 0. The smallest absolute Gasteiger partial charge is 0.271 e. The predicted molar refractivity (Wildman–Crippen MR) is 126 cm³/mol. The number of rotatable bonds is 6. The molecule has 1 atom stereocenters. The minimum Gasteiger partial charge on any atom is -0.350 e. The zero-order chi connectivity index (χ0) is 21.4. The van der Waals surface area contributed by atoms with Gasteiger partial charge in [-0.3, -0.25) is 9.59 Å². The molecule has 1 N–H and O–H groups in total. The van der Waals surface area contributed by atoms with Gasteiger partial charge in [-0.05, 0) is 47.9 Å². The number of hydrogen-bond acceptors (Lipinski definition) is 4. The summed E-state index contributed by atoms with van der Waals surface area (Å²) in [4.78, 5) is 31.1. The maximum absolute atomic E-state index is 13.6. The van der Waals surface area contributed by atoms with Crippen LogP contribution in [-0.4, -0.2) is 33.4 Å². The van der Waals surface area contributed by atoms with E-state index in [9.17, 15) is 9.59 Å². The van der Waals surface area contributed by atoms with E-state index in [0.29, 0.717) is 25.3 Å². The lowest BCUT2D eigenvalue weighted by atomic mass is 9.94. The first-order valence-electron chi connectivity index (χ1n) is 10.3. The van der Waals surface area contributed by atoms with Crippen LogP contribution in [0.5, 0.6) is 0 Å². The Labute approximate surface area is 188 Å². The molecule has 31 heavy (non-hydrogen) atoms. The van der Waals surface area contributed by atoms with E-state index < -0.39 is 5.54 Å². The van der Waals surface area contributed by atoms with Crippen molar-refractivity contribution >= 4 is 44.7 Å². The molecule has 0 spiro atoms. The molecule has 0 fully saturated rings. The first-order chi connectivity index (χ1) is 15.1. The Morgan fingerprint density at radius 3 is 2.71 bits per heavy atom. The molecule has 1 unspecified atom stereocenters. The molecule has 1 aliphatic rings. The summed E-state index contributed by atoms with van der Waals surface area (Å²) in [5, 5.41) is 8.20. The van der Waals surface area contributed by atoms with Crippen molar-refractivity contribution in [3.8, 4) is 0 Å². The number of aromatic nitrogens is 1. The van der Waals surface area contributed by atoms with Crippen LogP contribution in [0.15, 0.2) is 65.4 Å². The topological polar surface area (TPSA) is 54.3 Å². The summed E-state index contributed by atoms with van der Waals surface area (Å²) in [5.74, 6) is -0.205. The number of nitrogens with one attached hydrogen (secondary N) is 1. The van der Waals surface area contributed by atoms with Crippen LogP contribution >= 0.6 is 22.7 Å². The van der Waals surface area contributed by atoms with Crippen molar-refractivity contribution < 1.29 is 9.59 Å². The first kappa shape index (κ1) is 20.0. The van der Waals surface area contributed by atoms with Crippen LogP contribution in [0, 0.1) is 0 Å². The van der Waals surface area contributed by atoms with Gasteiger partial charge in [-0.25, -0.2) is 0 Å². The fourth-order valence-electron chi connectivity index (χ4n) is 4.25. The van der Waals surface area contributed by atoms with E-state index in [0.717, 1.165) is 22.2 Å². The molecule has 0 saturated carbocycles. The Balaban J connectivity index is 1.46. The Morgan fingerprint density at radius 1 is 1.10 bits per heavy atom. The average molecular weight is 450 g/mol. The normalized spacial score (nSPS) is 18.4. The SMILES string of the molecule is CC1(C(=O)NCc2ccccc2)Cn2c(cc3ccsc32)C(=O)N1CCc1cccs1. The van der Waals surface area contributed by atoms with Gasteiger partial charge in [0.2, 0.25) is 5.91 Å². The van der Waals surface area contributed by atoms with Crippen molar-refractivity contribution in [3.05, 3.63) is 81.5 Å². The monoisotopic (exact) mass is 449 g/mol. The Kier molecular flexibility index (Phi) is 5.16. The van der Waals surface area contributed by atoms with Gasteiger partial charge in [0, 0.05) is 23.4 Å². The third-order valence-corrected chi connectivity index (χ3v) is 7.86. The molecule has 7 heteroatoms. The maximum atomic E-state index is 13.6. The van der Waals surface area contributed by atoms with Gasteiger partial charge in [0.15, 0.2) is 0 Å². The number of fused-ring (bicyclic) bond motifs is 3. The molecular weight excluding hydrogens is 426 g/mol. The van der Waals surface area contributed by atoms with Gasteiger partial charge < -0.3 is 14.8 Å². The van der Waals surface area contributed by atoms with E-state index in [-0.39, 0.29) is 11.8 Å². The molecule has 1 aromatic carbocycles. The zero-order valence-corrected chi connectivity index (χ0v) is 18.8. The van der Waals surface area contributed by atoms with Crippen molar-refractivity contribution in [2.24, 2.45) is 0 Å². The molecular formula is C24H23N3O2S2. The van der Waals surface area contributed by atoms with Crippen LogP contribution in [0.3, 0.4) is 0 Å². The van der Waals surface area contributed by atoms with Crippen molar-refractivity contribution in [2.45, 2.75) is 32.0 Å². The maximum Gasteiger partial charge on any atom is 0.271 e. The highest BCUT2D eigenvalue weighted by atomic mass is 32.1. The molecule has 0 radical (unpaired) electrons. The summed E-state index contributed by atoms with van der Waals surface area (Å²) < 4.78 is 2.02. The molecule has 2 amide bonds. The van der Waals surface area contributed by atoms with Gasteiger partial charge in [-0.2, -0.15) is 0 Å². The summed E-state index contributed by atoms with van der Waals surface area (Å²) in [6.45, 7) is 3.29. The van der Waals surface area contributed by atoms with Crippen molar-refractivity contribution in [3.63, 3.8) is 0 Å². The van der Waals surface area contributed by atoms with Crippen molar-refractivity contribution in [1.82, 2.24) is 14.8 Å². The number of thiophene rings is 2. The van der Waals surface area contributed by atoms with Crippen LogP contribution in [0.25, 0.3) is 10.2 Å². The fraction of sp³-hybridized carbons (Fsp3) is 0.250. The van der Waals surface area contributed by atoms with E-state index >= 15 is 0 Å². The number of carbonyl (C=O) groups excluding carboxylic acids is 2. The molecule has 0 saturated heterocycles. The lowest BCUT2D eigenvalue weighted by molar-refractivity contribution is -0.133. The lowest BCUT2D eigenvalue weighted by Gasteiger charge is -2.44. The molecule has 4 heterocycles. The third-order valence-electron chi connectivity index (χ3n) is 5.98. The number of nitrogens with zero attached hydrogens (tertiary/aromatic N) is 2. The van der Waals surface area contributed by atoms with Crippen molar-refractivity contribution in [2.75, 3.05) is 6.54 Å². The summed E-state index contributed by atoms with van der Waals surface area (Å²) in [6, 6.07) is 17.9. The highest BCUT2D eigenvalue weighted by molar-refractivity contribution is 7.16. The molecule has 0 bridgehead atoms. The molecule has 5 nitrogen and oxygen atoms in total. The van der Waals surface area contributed by atoms with E-state index in [1.54, 1.807) is 27.6 Å². The molecule has 3 aromatic heterocycles. The molecule has 0 aliphatic carbocycles. The number of hydrogen-bond donors (Lipinski definition) is 1. The number of amides is 2. The largest absolute Gasteiger partial charge is 0.350 e. The Bertz CT molecular complexity index is 1230. The molecule has 1 aliphatic heterocycles. The first-order valence-corrected chi connectivity index (χ1v) is 12.1. The van der Waals surface area contributed by atoms with E-state index in [1.165, 1.54) is 4.88 Å². The van der Waals surface area contributed by atoms with Crippen molar-refractivity contribution in [1.29, 1.82) is 0 Å². The van der Waals surface area contributed by atoms with E-state index in [2.05, 4.69) is 11.4 Å². The molecule has 158 valence electrons. The Hall–Kier alpha value is -2.90. The fourth-order valence-corrected chi connectivity index (χ4v) is 5.85. The molecule has 5 rings (SSSR count). The van der Waals surface area contributed by atoms with Gasteiger partial charge in [0.1, 0.15) is 16.1 Å². The lowest BCUT2D eigenvalue weighted by Crippen LogP contribution is -2.64. The minimum atomic E-state index is -0.966. The Morgan fingerprint density at radius 2 is 1.94 bits per heavy atom. The van der Waals surface area contributed by atoms with Crippen LogP contribution in [0.1, 0.15) is 27.9 Å². The van der Waals surface area contributed by atoms with E-state index in [4.69, 9.17) is 0 Å². The standard InChI is InChI=1S/C24H23N3O2S2/c1-24(23(29)25-15-17-6-3-2-4-7-17)16-26-20(14-18-10-13-31-22(18)26)21(28)27(24)11-9-19-8-5-12-30-19/h2-8,10,12-14H,9,11,15-16H2,1H3,(H,25,29). The van der Waals surface area contributed by atoms with Crippen LogP contribution in [-0.2, 0) is 24.3 Å². The van der Waals surface area contributed by atoms with Gasteiger partial charge in [0.05, 0.1) is 6.54 Å². The number of carbonyl (C=O) groups is 2. The van der Waals surface area contributed by atoms with Crippen LogP contribution in [0.4, 0.5) is 0 Å². The second kappa shape index (κ2) is 7.98. The summed E-state index contributed by atoms with van der Waals surface area (Å²) >= 11 is 3.29. The summed E-state index contributed by atoms with van der Waals surface area (Å²) in [6.07, 6.45) is 0.736. The van der Waals surface area contributed by atoms with Gasteiger partial charge in [0.25, 0.3) is 5.91 Å². The second-order valence-corrected chi connectivity index (χ2v) is 9.95. The second-order valence-electron chi connectivity index (χ2n) is 8.03. The minimum absolute atomic E-state index is 0.0800. The predicted octanol–water partition coefficient (Wildman–Crippen LogP) is 4.54. The summed E-state index contributed by atoms with van der Waals surface area (Å²) in [5.41, 5.74) is 0.738. The van der Waals surface area contributed by atoms with Crippen LogP contribution in [0.2, 0.25) is 0 Å². The quantitative estimate of drug-likeness (QED) is 0.470. The number of benzene rings is 1. The average Bonchev–Trinajstić information content (AvgIpc) is 3.51. The van der Waals surface area contributed by atoms with Gasteiger partial charge >= 0.3 is 0 Å². The van der Waals surface area contributed by atoms with Gasteiger partial charge in [-0.1, -0.05) is 36.4 Å². The highest BCUT2D eigenvalue weighted by Gasteiger charge is 2.47. The third kappa shape index (κ3) is 3.58. The van der Waals surface area contributed by atoms with Crippen LogP contribution < -0.4 is 5.32 Å². The van der Waals surface area contributed by atoms with Gasteiger partial charge in [-0.15, -0.1) is 22.7 Å².